The van der Waals surface area contributed by atoms with Crippen LogP contribution in [0, 0.1) is 0 Å². The quantitative estimate of drug-likeness (QED) is 0.767. The molecule has 4 heteroatoms. The van der Waals surface area contributed by atoms with Gasteiger partial charge in [-0.05, 0) is 40.5 Å². The normalized spacial score (nSPS) is 14.6. The van der Waals surface area contributed by atoms with E-state index in [4.69, 9.17) is 9.47 Å². The van der Waals surface area contributed by atoms with Crippen LogP contribution in [0.2, 0.25) is 0 Å². The van der Waals surface area contributed by atoms with Crippen LogP contribution >= 0.6 is 0 Å². The summed E-state index contributed by atoms with van der Waals surface area (Å²) in [6, 6.07) is 10.7. The van der Waals surface area contributed by atoms with Gasteiger partial charge in [-0.25, -0.2) is 9.59 Å². The van der Waals surface area contributed by atoms with Gasteiger partial charge in [0, 0.05) is 12.8 Å². The summed E-state index contributed by atoms with van der Waals surface area (Å²) in [7, 11) is 0. The van der Waals surface area contributed by atoms with Gasteiger partial charge >= 0.3 is 11.9 Å². The van der Waals surface area contributed by atoms with Crippen molar-refractivity contribution < 1.29 is 19.1 Å². The summed E-state index contributed by atoms with van der Waals surface area (Å²) in [5.41, 5.74) is 4.36. The number of hydrogen-bond donors (Lipinski definition) is 0. The van der Waals surface area contributed by atoms with Crippen molar-refractivity contribution in [2.45, 2.75) is 12.8 Å². The SMILES string of the molecule is C=Cc1ccc2cc1CCOC(=O)c1cccc(C=C)c1CCOC2=O. The van der Waals surface area contributed by atoms with E-state index < -0.39 is 0 Å². The van der Waals surface area contributed by atoms with Crippen molar-refractivity contribution in [1.82, 2.24) is 0 Å². The van der Waals surface area contributed by atoms with E-state index in [1.54, 1.807) is 36.4 Å². The van der Waals surface area contributed by atoms with Gasteiger partial charge in [-0.15, -0.1) is 0 Å². The fourth-order valence-electron chi connectivity index (χ4n) is 3.08. The molecule has 26 heavy (non-hydrogen) atoms. The third-order valence-electron chi connectivity index (χ3n) is 4.44. The van der Waals surface area contributed by atoms with E-state index in [2.05, 4.69) is 13.2 Å². The summed E-state index contributed by atoms with van der Waals surface area (Å²) in [6.45, 7) is 7.97. The molecule has 0 atom stereocenters. The number of carbonyl (C=O) groups excluding carboxylic acids is 2. The van der Waals surface area contributed by atoms with Crippen LogP contribution in [0.4, 0.5) is 0 Å². The number of carbonyl (C=O) groups is 2. The van der Waals surface area contributed by atoms with Crippen LogP contribution < -0.4 is 0 Å². The van der Waals surface area contributed by atoms with Crippen LogP contribution in [0.1, 0.15) is 43.0 Å². The molecular formula is C22H20O4. The van der Waals surface area contributed by atoms with Crippen molar-refractivity contribution >= 4 is 24.1 Å². The Balaban J connectivity index is 1.97. The fraction of sp³-hybridized carbons (Fsp3) is 0.182. The molecule has 1 heterocycles. The Morgan fingerprint density at radius 3 is 2.35 bits per heavy atom. The van der Waals surface area contributed by atoms with E-state index >= 15 is 0 Å². The first-order valence-corrected chi connectivity index (χ1v) is 8.48. The van der Waals surface area contributed by atoms with Gasteiger partial charge in [0.25, 0.3) is 0 Å². The monoisotopic (exact) mass is 348 g/mol. The maximum atomic E-state index is 12.5. The molecule has 0 saturated heterocycles. The molecule has 2 bridgehead atoms. The second kappa shape index (κ2) is 7.83. The van der Waals surface area contributed by atoms with Crippen LogP contribution in [0.15, 0.2) is 49.6 Å². The van der Waals surface area contributed by atoms with Gasteiger partial charge in [0.1, 0.15) is 0 Å². The lowest BCUT2D eigenvalue weighted by Gasteiger charge is -2.12. The van der Waals surface area contributed by atoms with E-state index in [9.17, 15) is 9.59 Å². The van der Waals surface area contributed by atoms with Gasteiger partial charge in [0.15, 0.2) is 0 Å². The summed E-state index contributed by atoms with van der Waals surface area (Å²) in [5.74, 6) is -0.767. The highest BCUT2D eigenvalue weighted by Crippen LogP contribution is 2.21. The number of cyclic esters (lactones) is 2. The highest BCUT2D eigenvalue weighted by Gasteiger charge is 2.18. The van der Waals surface area contributed by atoms with Crippen LogP contribution in [-0.2, 0) is 22.3 Å². The van der Waals surface area contributed by atoms with Crippen LogP contribution in [0.3, 0.4) is 0 Å². The summed E-state index contributed by atoms with van der Waals surface area (Å²) in [4.78, 5) is 24.9. The number of fused-ring (bicyclic) bond motifs is 3. The Labute approximate surface area is 152 Å². The molecule has 0 spiro atoms. The highest BCUT2D eigenvalue weighted by atomic mass is 16.5. The molecule has 0 fully saturated rings. The van der Waals surface area contributed by atoms with Crippen LogP contribution in [0.25, 0.3) is 12.2 Å². The van der Waals surface area contributed by atoms with Crippen molar-refractivity contribution in [1.29, 1.82) is 0 Å². The summed E-state index contributed by atoms with van der Waals surface area (Å²) in [6.07, 6.45) is 4.31. The standard InChI is InChI=1S/C22H20O4/c1-3-15-8-9-18-14-17(15)10-12-26-22(24)20-7-5-6-16(4-2)19(20)11-13-25-21(18)23/h3-9,14H,1-2,10-13H2. The summed E-state index contributed by atoms with van der Waals surface area (Å²) in [5, 5.41) is 0. The Hall–Kier alpha value is -3.14. The Morgan fingerprint density at radius 2 is 1.58 bits per heavy atom. The Morgan fingerprint density at radius 1 is 0.846 bits per heavy atom. The van der Waals surface area contributed by atoms with Crippen molar-refractivity contribution in [3.63, 3.8) is 0 Å². The molecule has 4 nitrogen and oxygen atoms in total. The zero-order chi connectivity index (χ0) is 18.5. The van der Waals surface area contributed by atoms with Gasteiger partial charge in [0.2, 0.25) is 0 Å². The second-order valence-corrected chi connectivity index (χ2v) is 5.97. The maximum Gasteiger partial charge on any atom is 0.338 e. The predicted molar refractivity (Wildman–Crippen MR) is 101 cm³/mol. The summed E-state index contributed by atoms with van der Waals surface area (Å²) >= 11 is 0. The smallest absolute Gasteiger partial charge is 0.338 e. The van der Waals surface area contributed by atoms with Gasteiger partial charge in [-0.1, -0.05) is 43.5 Å². The van der Waals surface area contributed by atoms with Crippen molar-refractivity contribution in [3.8, 4) is 0 Å². The molecule has 1 aliphatic heterocycles. The lowest BCUT2D eigenvalue weighted by Crippen LogP contribution is -2.13. The zero-order valence-electron chi connectivity index (χ0n) is 14.5. The van der Waals surface area contributed by atoms with Crippen molar-refractivity contribution in [3.05, 3.63) is 82.9 Å². The third kappa shape index (κ3) is 3.59. The number of benzene rings is 2. The number of rotatable bonds is 2. The molecule has 0 aliphatic carbocycles. The lowest BCUT2D eigenvalue weighted by atomic mass is 9.98. The van der Waals surface area contributed by atoms with Crippen LogP contribution in [0.5, 0.6) is 0 Å². The van der Waals surface area contributed by atoms with E-state index in [1.165, 1.54) is 0 Å². The molecule has 0 saturated carbocycles. The van der Waals surface area contributed by atoms with Crippen molar-refractivity contribution in [2.24, 2.45) is 0 Å². The summed E-state index contributed by atoms with van der Waals surface area (Å²) < 4.78 is 10.9. The number of ether oxygens (including phenoxy) is 2. The molecule has 0 aromatic heterocycles. The third-order valence-corrected chi connectivity index (χ3v) is 4.44. The van der Waals surface area contributed by atoms with Crippen molar-refractivity contribution in [2.75, 3.05) is 13.2 Å². The molecule has 0 N–H and O–H groups in total. The molecule has 0 unspecified atom stereocenters. The first-order valence-electron chi connectivity index (χ1n) is 8.48. The van der Waals surface area contributed by atoms with E-state index in [1.807, 2.05) is 12.1 Å². The minimum Gasteiger partial charge on any atom is -0.462 e. The lowest BCUT2D eigenvalue weighted by molar-refractivity contribution is 0.0507. The Bertz CT molecular complexity index is 880. The topological polar surface area (TPSA) is 52.6 Å². The molecule has 3 rings (SSSR count). The second-order valence-electron chi connectivity index (χ2n) is 5.97. The van der Waals surface area contributed by atoms with Gasteiger partial charge in [-0.2, -0.15) is 0 Å². The fourth-order valence-corrected chi connectivity index (χ4v) is 3.08. The first-order chi connectivity index (χ1) is 12.6. The van der Waals surface area contributed by atoms with Gasteiger partial charge < -0.3 is 9.47 Å². The van der Waals surface area contributed by atoms with Gasteiger partial charge in [-0.3, -0.25) is 0 Å². The first kappa shape index (κ1) is 17.7. The predicted octanol–water partition coefficient (Wildman–Crippen LogP) is 4.09. The average Bonchev–Trinajstić information content (AvgIpc) is 2.67. The maximum absolute atomic E-state index is 12.5. The molecular weight excluding hydrogens is 328 g/mol. The minimum atomic E-state index is -0.384. The average molecular weight is 348 g/mol. The van der Waals surface area contributed by atoms with Crippen LogP contribution in [-0.4, -0.2) is 25.2 Å². The van der Waals surface area contributed by atoms with E-state index in [0.29, 0.717) is 24.0 Å². The molecule has 132 valence electrons. The molecule has 2 aromatic rings. The highest BCUT2D eigenvalue weighted by molar-refractivity contribution is 5.92. The number of hydrogen-bond acceptors (Lipinski definition) is 4. The molecule has 0 amide bonds. The molecule has 0 radical (unpaired) electrons. The number of esters is 2. The van der Waals surface area contributed by atoms with E-state index in [0.717, 1.165) is 22.3 Å². The minimum absolute atomic E-state index is 0.169. The van der Waals surface area contributed by atoms with Gasteiger partial charge in [0.05, 0.1) is 24.3 Å². The largest absolute Gasteiger partial charge is 0.462 e. The molecule has 2 aromatic carbocycles. The zero-order valence-corrected chi connectivity index (χ0v) is 14.5. The van der Waals surface area contributed by atoms with E-state index in [-0.39, 0.29) is 25.2 Å². The molecule has 1 aliphatic rings. The Kier molecular flexibility index (Phi) is 5.32.